The summed E-state index contributed by atoms with van der Waals surface area (Å²) < 4.78 is 4.96. The topological polar surface area (TPSA) is 64.3 Å². The molecule has 0 radical (unpaired) electrons. The van der Waals surface area contributed by atoms with Crippen molar-refractivity contribution in [3.63, 3.8) is 0 Å². The standard InChI is InChI=1S/C15H14Cl2N2O2/c1-2-21-15(20)10-8-9(6-7-13(10)18)19-14-11(16)4-3-5-12(14)17/h3-8,19H,2,18H2,1H3. The minimum absolute atomic E-state index is 0.284. The Balaban J connectivity index is 2.33. The van der Waals surface area contributed by atoms with Gasteiger partial charge in [0.05, 0.1) is 27.9 Å². The maximum atomic E-state index is 11.8. The molecular weight excluding hydrogens is 311 g/mol. The molecule has 0 amide bonds. The van der Waals surface area contributed by atoms with Crippen LogP contribution in [0.5, 0.6) is 0 Å². The number of carbonyl (C=O) groups excluding carboxylic acids is 1. The molecule has 0 unspecified atom stereocenters. The van der Waals surface area contributed by atoms with Crippen molar-refractivity contribution in [2.24, 2.45) is 0 Å². The van der Waals surface area contributed by atoms with E-state index in [1.807, 2.05) is 0 Å². The third-order valence-corrected chi connectivity index (χ3v) is 3.41. The number of carbonyl (C=O) groups is 1. The van der Waals surface area contributed by atoms with Crippen molar-refractivity contribution in [2.75, 3.05) is 17.7 Å². The van der Waals surface area contributed by atoms with Gasteiger partial charge in [-0.25, -0.2) is 4.79 Å². The van der Waals surface area contributed by atoms with Crippen LogP contribution in [0.15, 0.2) is 36.4 Å². The number of nitrogens with one attached hydrogen (secondary N) is 1. The SMILES string of the molecule is CCOC(=O)c1cc(Nc2c(Cl)cccc2Cl)ccc1N. The first-order valence-electron chi connectivity index (χ1n) is 6.30. The van der Waals surface area contributed by atoms with E-state index in [0.29, 0.717) is 32.7 Å². The van der Waals surface area contributed by atoms with Gasteiger partial charge in [0, 0.05) is 11.4 Å². The average Bonchev–Trinajstić information content (AvgIpc) is 2.45. The van der Waals surface area contributed by atoms with Gasteiger partial charge in [-0.05, 0) is 37.3 Å². The average molecular weight is 325 g/mol. The highest BCUT2D eigenvalue weighted by molar-refractivity contribution is 6.39. The number of hydrogen-bond acceptors (Lipinski definition) is 4. The fourth-order valence-corrected chi connectivity index (χ4v) is 2.27. The predicted octanol–water partition coefficient (Wildman–Crippen LogP) is 4.50. The van der Waals surface area contributed by atoms with Gasteiger partial charge >= 0.3 is 5.97 Å². The number of anilines is 3. The quantitative estimate of drug-likeness (QED) is 0.642. The second-order valence-corrected chi connectivity index (χ2v) is 5.06. The maximum absolute atomic E-state index is 11.8. The number of hydrogen-bond donors (Lipinski definition) is 2. The highest BCUT2D eigenvalue weighted by Crippen LogP contribution is 2.33. The lowest BCUT2D eigenvalue weighted by atomic mass is 10.1. The number of para-hydroxylation sites is 1. The van der Waals surface area contributed by atoms with Gasteiger partial charge in [-0.3, -0.25) is 0 Å². The zero-order valence-electron chi connectivity index (χ0n) is 11.3. The van der Waals surface area contributed by atoms with Crippen LogP contribution in [0.25, 0.3) is 0 Å². The molecule has 2 aromatic rings. The summed E-state index contributed by atoms with van der Waals surface area (Å²) in [6, 6.07) is 10.2. The summed E-state index contributed by atoms with van der Waals surface area (Å²) in [4.78, 5) is 11.8. The van der Waals surface area contributed by atoms with Crippen molar-refractivity contribution in [2.45, 2.75) is 6.92 Å². The molecule has 0 saturated heterocycles. The first-order chi connectivity index (χ1) is 10.0. The molecule has 0 spiro atoms. The second kappa shape index (κ2) is 6.70. The van der Waals surface area contributed by atoms with Crippen LogP contribution in [0.4, 0.5) is 17.1 Å². The van der Waals surface area contributed by atoms with E-state index in [-0.39, 0.29) is 6.61 Å². The number of nitrogen functional groups attached to an aromatic ring is 1. The molecule has 21 heavy (non-hydrogen) atoms. The minimum atomic E-state index is -0.469. The number of esters is 1. The van der Waals surface area contributed by atoms with Crippen LogP contribution in [0.2, 0.25) is 10.0 Å². The second-order valence-electron chi connectivity index (χ2n) is 4.24. The molecule has 0 aromatic heterocycles. The van der Waals surface area contributed by atoms with E-state index in [9.17, 15) is 4.79 Å². The van der Waals surface area contributed by atoms with Gasteiger partial charge in [-0.15, -0.1) is 0 Å². The molecule has 0 atom stereocenters. The zero-order chi connectivity index (χ0) is 15.4. The lowest BCUT2D eigenvalue weighted by Crippen LogP contribution is -2.08. The molecule has 0 aliphatic rings. The molecule has 110 valence electrons. The van der Waals surface area contributed by atoms with Crippen molar-refractivity contribution >= 4 is 46.2 Å². The molecule has 0 aliphatic heterocycles. The number of nitrogens with two attached hydrogens (primary N) is 1. The molecule has 0 heterocycles. The van der Waals surface area contributed by atoms with Crippen LogP contribution in [-0.4, -0.2) is 12.6 Å². The maximum Gasteiger partial charge on any atom is 0.340 e. The van der Waals surface area contributed by atoms with Crippen molar-refractivity contribution in [3.8, 4) is 0 Å². The Kier molecular flexibility index (Phi) is 4.94. The van der Waals surface area contributed by atoms with Crippen molar-refractivity contribution in [1.82, 2.24) is 0 Å². The van der Waals surface area contributed by atoms with Gasteiger partial charge in [0.2, 0.25) is 0 Å². The summed E-state index contributed by atoms with van der Waals surface area (Å²) in [6.45, 7) is 2.02. The molecule has 6 heteroatoms. The fourth-order valence-electron chi connectivity index (χ4n) is 1.78. The molecule has 0 aliphatic carbocycles. The van der Waals surface area contributed by atoms with Gasteiger partial charge in [-0.1, -0.05) is 29.3 Å². The number of halogens is 2. The van der Waals surface area contributed by atoms with Crippen LogP contribution < -0.4 is 11.1 Å². The molecule has 2 rings (SSSR count). The smallest absolute Gasteiger partial charge is 0.340 e. The molecule has 0 bridgehead atoms. The highest BCUT2D eigenvalue weighted by Gasteiger charge is 2.13. The Bertz CT molecular complexity index is 654. The Morgan fingerprint density at radius 1 is 1.24 bits per heavy atom. The number of ether oxygens (including phenoxy) is 1. The van der Waals surface area contributed by atoms with Crippen LogP contribution in [0.3, 0.4) is 0 Å². The van der Waals surface area contributed by atoms with E-state index in [1.54, 1.807) is 43.3 Å². The van der Waals surface area contributed by atoms with Crippen molar-refractivity contribution in [3.05, 3.63) is 52.0 Å². The van der Waals surface area contributed by atoms with Gasteiger partial charge in [0.15, 0.2) is 0 Å². The number of rotatable bonds is 4. The normalized spacial score (nSPS) is 10.2. The van der Waals surface area contributed by atoms with Gasteiger partial charge in [-0.2, -0.15) is 0 Å². The fraction of sp³-hybridized carbons (Fsp3) is 0.133. The summed E-state index contributed by atoms with van der Waals surface area (Å²) in [5.41, 5.74) is 7.65. The predicted molar refractivity (Wildman–Crippen MR) is 86.6 cm³/mol. The lowest BCUT2D eigenvalue weighted by molar-refractivity contribution is 0.0527. The van der Waals surface area contributed by atoms with Gasteiger partial charge in [0.25, 0.3) is 0 Å². The van der Waals surface area contributed by atoms with Crippen LogP contribution in [-0.2, 0) is 4.74 Å². The molecular formula is C15H14Cl2N2O2. The molecule has 0 fully saturated rings. The van der Waals surface area contributed by atoms with E-state index in [1.165, 1.54) is 0 Å². The Labute approximate surface area is 132 Å². The van der Waals surface area contributed by atoms with Gasteiger partial charge in [0.1, 0.15) is 0 Å². The Morgan fingerprint density at radius 3 is 2.52 bits per heavy atom. The molecule has 0 saturated carbocycles. The third-order valence-electron chi connectivity index (χ3n) is 2.78. The molecule has 4 nitrogen and oxygen atoms in total. The van der Waals surface area contributed by atoms with Crippen LogP contribution in [0, 0.1) is 0 Å². The van der Waals surface area contributed by atoms with E-state index < -0.39 is 5.97 Å². The third kappa shape index (κ3) is 3.60. The Hall–Kier alpha value is -1.91. The summed E-state index contributed by atoms with van der Waals surface area (Å²) >= 11 is 12.2. The van der Waals surface area contributed by atoms with Crippen LogP contribution in [0.1, 0.15) is 17.3 Å². The summed E-state index contributed by atoms with van der Waals surface area (Å²) in [7, 11) is 0. The van der Waals surface area contributed by atoms with E-state index in [4.69, 9.17) is 33.7 Å². The zero-order valence-corrected chi connectivity index (χ0v) is 12.8. The van der Waals surface area contributed by atoms with E-state index in [0.717, 1.165) is 0 Å². The van der Waals surface area contributed by atoms with Gasteiger partial charge < -0.3 is 15.8 Å². The lowest BCUT2D eigenvalue weighted by Gasteiger charge is -2.12. The summed E-state index contributed by atoms with van der Waals surface area (Å²) in [5, 5.41) is 4.04. The highest BCUT2D eigenvalue weighted by atomic mass is 35.5. The minimum Gasteiger partial charge on any atom is -0.462 e. The van der Waals surface area contributed by atoms with Crippen molar-refractivity contribution < 1.29 is 9.53 Å². The molecule has 3 N–H and O–H groups in total. The Morgan fingerprint density at radius 2 is 1.90 bits per heavy atom. The van der Waals surface area contributed by atoms with Crippen LogP contribution >= 0.6 is 23.2 Å². The van der Waals surface area contributed by atoms with Crippen molar-refractivity contribution in [1.29, 1.82) is 0 Å². The summed E-state index contributed by atoms with van der Waals surface area (Å²) in [5.74, 6) is -0.469. The first kappa shape index (κ1) is 15.5. The first-order valence-corrected chi connectivity index (χ1v) is 7.06. The largest absolute Gasteiger partial charge is 0.462 e. The monoisotopic (exact) mass is 324 g/mol. The molecule has 2 aromatic carbocycles. The van der Waals surface area contributed by atoms with E-state index in [2.05, 4.69) is 5.32 Å². The van der Waals surface area contributed by atoms with E-state index >= 15 is 0 Å². The number of benzene rings is 2. The summed E-state index contributed by atoms with van der Waals surface area (Å²) in [6.07, 6.45) is 0.